The number of anilines is 2. The number of halogens is 1. The van der Waals surface area contributed by atoms with Gasteiger partial charge in [-0.2, -0.15) is 15.4 Å². The third-order valence-electron chi connectivity index (χ3n) is 4.31. The van der Waals surface area contributed by atoms with Crippen molar-refractivity contribution < 1.29 is 9.59 Å². The summed E-state index contributed by atoms with van der Waals surface area (Å²) in [6, 6.07) is 15.9. The molecule has 1 aliphatic rings. The predicted molar refractivity (Wildman–Crippen MR) is 109 cm³/mol. The minimum Gasteiger partial charge on any atom is -0.321 e. The number of hydrogen-bond acceptors (Lipinski definition) is 4. The zero-order chi connectivity index (χ0) is 20.3. The first-order valence-corrected chi connectivity index (χ1v) is 8.92. The third kappa shape index (κ3) is 3.95. The summed E-state index contributed by atoms with van der Waals surface area (Å²) in [4.78, 5) is 25.2. The number of nitriles is 1. The van der Waals surface area contributed by atoms with Crippen LogP contribution in [0.1, 0.15) is 12.5 Å². The fourth-order valence-electron chi connectivity index (χ4n) is 2.73. The maximum absolute atomic E-state index is 12.7. The number of para-hydroxylation sites is 1. The van der Waals surface area contributed by atoms with Crippen LogP contribution < -0.4 is 10.3 Å². The van der Waals surface area contributed by atoms with Crippen LogP contribution in [0.3, 0.4) is 0 Å². The molecule has 0 bridgehead atoms. The highest BCUT2D eigenvalue weighted by Crippen LogP contribution is 2.25. The van der Waals surface area contributed by atoms with E-state index in [1.54, 1.807) is 49.4 Å². The molecule has 1 atom stereocenters. The molecule has 1 aliphatic heterocycles. The molecular weight excluding hydrogens is 376 g/mol. The highest BCUT2D eigenvalue weighted by Gasteiger charge is 2.33. The van der Waals surface area contributed by atoms with Gasteiger partial charge in [-0.1, -0.05) is 35.9 Å². The highest BCUT2D eigenvalue weighted by atomic mass is 35.5. The summed E-state index contributed by atoms with van der Waals surface area (Å²) in [7, 11) is 0. The van der Waals surface area contributed by atoms with Gasteiger partial charge < -0.3 is 5.32 Å². The summed E-state index contributed by atoms with van der Waals surface area (Å²) in [5.41, 5.74) is 2.31. The summed E-state index contributed by atoms with van der Waals surface area (Å²) in [6.45, 7) is 3.54. The Bertz CT molecular complexity index is 1040. The topological polar surface area (TPSA) is 85.6 Å². The zero-order valence-electron chi connectivity index (χ0n) is 15.3. The standard InChI is InChI=1S/C21H17ClN4O2/c1-13-8-9-16(11-19(13)22)24-20(27)15(12-23)10-18-14(2)25-26(21(18)28)17-6-4-3-5-7-17/h3-11,18H,1-2H3,(H,24,27)/b15-10+/t18-/m1/s1. The van der Waals surface area contributed by atoms with Gasteiger partial charge in [0.15, 0.2) is 0 Å². The Morgan fingerprint density at radius 3 is 2.61 bits per heavy atom. The monoisotopic (exact) mass is 392 g/mol. The predicted octanol–water partition coefficient (Wildman–Crippen LogP) is 4.08. The van der Waals surface area contributed by atoms with Crippen LogP contribution in [-0.2, 0) is 9.59 Å². The first kappa shape index (κ1) is 19.3. The number of aryl methyl sites for hydroxylation is 1. The largest absolute Gasteiger partial charge is 0.321 e. The van der Waals surface area contributed by atoms with E-state index in [0.29, 0.717) is 22.1 Å². The first-order valence-electron chi connectivity index (χ1n) is 8.54. The molecule has 0 saturated carbocycles. The number of carbonyl (C=O) groups is 2. The molecule has 1 heterocycles. The second-order valence-electron chi connectivity index (χ2n) is 6.31. The smallest absolute Gasteiger partial charge is 0.266 e. The molecule has 28 heavy (non-hydrogen) atoms. The number of hydrazone groups is 1. The van der Waals surface area contributed by atoms with Gasteiger partial charge in [-0.25, -0.2) is 0 Å². The van der Waals surface area contributed by atoms with Gasteiger partial charge in [-0.3, -0.25) is 9.59 Å². The molecule has 2 aromatic rings. The van der Waals surface area contributed by atoms with E-state index in [-0.39, 0.29) is 11.5 Å². The SMILES string of the molecule is CC1=NN(c2ccccc2)C(=O)[C@@H]1/C=C(\C#N)C(=O)Nc1ccc(C)c(Cl)c1. The van der Waals surface area contributed by atoms with Crippen LogP contribution in [0.15, 0.2) is 65.3 Å². The second kappa shape index (κ2) is 8.07. The fourth-order valence-corrected chi connectivity index (χ4v) is 2.91. The van der Waals surface area contributed by atoms with Crippen molar-refractivity contribution in [3.63, 3.8) is 0 Å². The van der Waals surface area contributed by atoms with Crippen LogP contribution in [0.2, 0.25) is 5.02 Å². The van der Waals surface area contributed by atoms with E-state index in [0.717, 1.165) is 5.56 Å². The molecule has 0 unspecified atom stereocenters. The van der Waals surface area contributed by atoms with Gasteiger partial charge in [0.25, 0.3) is 11.8 Å². The molecule has 0 spiro atoms. The van der Waals surface area contributed by atoms with Crippen molar-refractivity contribution >= 4 is 40.5 Å². The quantitative estimate of drug-likeness (QED) is 0.628. The molecule has 0 aromatic heterocycles. The summed E-state index contributed by atoms with van der Waals surface area (Å²) < 4.78 is 0. The maximum atomic E-state index is 12.7. The normalized spacial score (nSPS) is 16.6. The van der Waals surface area contributed by atoms with Crippen molar-refractivity contribution in [2.75, 3.05) is 10.3 Å². The van der Waals surface area contributed by atoms with E-state index in [9.17, 15) is 14.9 Å². The van der Waals surface area contributed by atoms with Crippen molar-refractivity contribution in [2.45, 2.75) is 13.8 Å². The average molecular weight is 393 g/mol. The van der Waals surface area contributed by atoms with Crippen molar-refractivity contribution in [1.82, 2.24) is 0 Å². The Morgan fingerprint density at radius 1 is 1.25 bits per heavy atom. The fraction of sp³-hybridized carbons (Fsp3) is 0.143. The van der Waals surface area contributed by atoms with Crippen molar-refractivity contribution in [3.05, 3.63) is 70.8 Å². The summed E-state index contributed by atoms with van der Waals surface area (Å²) >= 11 is 6.06. The molecule has 6 nitrogen and oxygen atoms in total. The van der Waals surface area contributed by atoms with Crippen molar-refractivity contribution in [1.29, 1.82) is 5.26 Å². The molecule has 0 radical (unpaired) electrons. The Labute approximate surface area is 167 Å². The van der Waals surface area contributed by atoms with Crippen LogP contribution in [0.4, 0.5) is 11.4 Å². The molecule has 1 N–H and O–H groups in total. The molecule has 7 heteroatoms. The van der Waals surface area contributed by atoms with E-state index in [1.807, 2.05) is 19.1 Å². The van der Waals surface area contributed by atoms with Crippen molar-refractivity contribution in [3.8, 4) is 6.07 Å². The van der Waals surface area contributed by atoms with Crippen molar-refractivity contribution in [2.24, 2.45) is 11.0 Å². The van der Waals surface area contributed by atoms with E-state index >= 15 is 0 Å². The van der Waals surface area contributed by atoms with E-state index < -0.39 is 11.8 Å². The van der Waals surface area contributed by atoms with E-state index in [1.165, 1.54) is 11.1 Å². The summed E-state index contributed by atoms with van der Waals surface area (Å²) in [5.74, 6) is -1.70. The average Bonchev–Trinajstić information content (AvgIpc) is 2.97. The Kier molecular flexibility index (Phi) is 5.57. The van der Waals surface area contributed by atoms with Crippen LogP contribution in [0.5, 0.6) is 0 Å². The molecule has 140 valence electrons. The number of nitrogens with zero attached hydrogens (tertiary/aromatic N) is 3. The van der Waals surface area contributed by atoms with Gasteiger partial charge in [0.1, 0.15) is 11.6 Å². The molecule has 0 fully saturated rings. The van der Waals surface area contributed by atoms with Crippen LogP contribution in [-0.4, -0.2) is 17.5 Å². The lowest BCUT2D eigenvalue weighted by Crippen LogP contribution is -2.27. The lowest BCUT2D eigenvalue weighted by Gasteiger charge is -2.13. The molecule has 0 aliphatic carbocycles. The first-order chi connectivity index (χ1) is 13.4. The van der Waals surface area contributed by atoms with E-state index in [2.05, 4.69) is 10.4 Å². The van der Waals surface area contributed by atoms with Crippen LogP contribution in [0, 0.1) is 24.2 Å². The third-order valence-corrected chi connectivity index (χ3v) is 4.72. The highest BCUT2D eigenvalue weighted by molar-refractivity contribution is 6.31. The number of rotatable bonds is 4. The molecular formula is C21H17ClN4O2. The second-order valence-corrected chi connectivity index (χ2v) is 6.72. The molecule has 0 saturated heterocycles. The van der Waals surface area contributed by atoms with E-state index in [4.69, 9.17) is 11.6 Å². The molecule has 2 aromatic carbocycles. The summed E-state index contributed by atoms with van der Waals surface area (Å²) in [6.07, 6.45) is 1.34. The van der Waals surface area contributed by atoms with Gasteiger partial charge in [-0.05, 0) is 49.8 Å². The number of carbonyl (C=O) groups excluding carboxylic acids is 2. The summed E-state index contributed by atoms with van der Waals surface area (Å²) in [5, 5.41) is 18.1. The number of benzene rings is 2. The maximum Gasteiger partial charge on any atom is 0.266 e. The Balaban J connectivity index is 1.81. The van der Waals surface area contributed by atoms with Gasteiger partial charge in [0.05, 0.1) is 17.3 Å². The van der Waals surface area contributed by atoms with Gasteiger partial charge in [0, 0.05) is 10.7 Å². The van der Waals surface area contributed by atoms with Gasteiger partial charge in [0.2, 0.25) is 0 Å². The lowest BCUT2D eigenvalue weighted by molar-refractivity contribution is -0.118. The van der Waals surface area contributed by atoms with Gasteiger partial charge in [-0.15, -0.1) is 0 Å². The number of nitrogens with one attached hydrogen (secondary N) is 1. The van der Waals surface area contributed by atoms with Crippen LogP contribution >= 0.6 is 11.6 Å². The number of amides is 2. The molecule has 2 amide bonds. The lowest BCUT2D eigenvalue weighted by atomic mass is 10.0. The van der Waals surface area contributed by atoms with Crippen LogP contribution in [0.25, 0.3) is 0 Å². The Morgan fingerprint density at radius 2 is 1.96 bits per heavy atom. The molecule has 3 rings (SSSR count). The van der Waals surface area contributed by atoms with Gasteiger partial charge >= 0.3 is 0 Å². The minimum atomic E-state index is -0.776. The minimum absolute atomic E-state index is 0.167. The zero-order valence-corrected chi connectivity index (χ0v) is 16.1. The Hall–Kier alpha value is -3.43. The number of hydrogen-bond donors (Lipinski definition) is 1.